The number of hydrogen-bond donors (Lipinski definition) is 1. The maximum Gasteiger partial charge on any atom is 0.132 e. The number of nitrogens with zero attached hydrogens (tertiary/aromatic N) is 2. The Morgan fingerprint density at radius 3 is 2.57 bits per heavy atom. The second-order valence-corrected chi connectivity index (χ2v) is 3.88. The van der Waals surface area contributed by atoms with Crippen LogP contribution in [0.1, 0.15) is 42.8 Å². The van der Waals surface area contributed by atoms with Crippen molar-refractivity contribution >= 4 is 5.82 Å². The summed E-state index contributed by atoms with van der Waals surface area (Å²) in [4.78, 5) is 9.07. The zero-order valence-electron chi connectivity index (χ0n) is 9.09. The Balaban J connectivity index is 2.45. The van der Waals surface area contributed by atoms with E-state index in [0.29, 0.717) is 5.92 Å². The summed E-state index contributed by atoms with van der Waals surface area (Å²) in [5, 5.41) is 3.14. The summed E-state index contributed by atoms with van der Waals surface area (Å²) in [5.41, 5.74) is 2.49. The number of anilines is 1. The van der Waals surface area contributed by atoms with Crippen molar-refractivity contribution in [2.75, 3.05) is 12.4 Å². The van der Waals surface area contributed by atoms with Gasteiger partial charge < -0.3 is 5.32 Å². The van der Waals surface area contributed by atoms with Gasteiger partial charge in [-0.15, -0.1) is 0 Å². The first-order chi connectivity index (χ1) is 6.76. The quantitative estimate of drug-likeness (QED) is 0.796. The number of hydrogen-bond acceptors (Lipinski definition) is 3. The first kappa shape index (κ1) is 9.44. The molecule has 1 aliphatic carbocycles. The minimum absolute atomic E-state index is 0.704. The first-order valence-corrected chi connectivity index (χ1v) is 5.31. The lowest BCUT2D eigenvalue weighted by atomic mass is 10.1. The van der Waals surface area contributed by atoms with Gasteiger partial charge in [-0.1, -0.05) is 6.92 Å². The Labute approximate surface area is 85.0 Å². The minimum Gasteiger partial charge on any atom is -0.373 e. The van der Waals surface area contributed by atoms with Gasteiger partial charge in [0.05, 0.1) is 5.69 Å². The molecule has 0 aliphatic heterocycles. The first-order valence-electron chi connectivity index (χ1n) is 5.31. The van der Waals surface area contributed by atoms with E-state index in [0.717, 1.165) is 18.1 Å². The molecule has 76 valence electrons. The molecule has 1 heterocycles. The SMILES string of the molecule is CCc1nc(NC)c(C)c(C2CC2)n1. The molecule has 2 rings (SSSR count). The molecule has 0 spiro atoms. The van der Waals surface area contributed by atoms with Crippen LogP contribution in [0, 0.1) is 6.92 Å². The Morgan fingerprint density at radius 2 is 2.07 bits per heavy atom. The Kier molecular flexibility index (Phi) is 2.40. The normalized spacial score (nSPS) is 15.6. The van der Waals surface area contributed by atoms with E-state index in [4.69, 9.17) is 0 Å². The van der Waals surface area contributed by atoms with Crippen LogP contribution in [0.15, 0.2) is 0 Å². The van der Waals surface area contributed by atoms with Crippen LogP contribution in [0.3, 0.4) is 0 Å². The van der Waals surface area contributed by atoms with Crippen molar-refractivity contribution in [3.8, 4) is 0 Å². The van der Waals surface area contributed by atoms with Gasteiger partial charge in [0.1, 0.15) is 11.6 Å². The molecule has 1 fully saturated rings. The van der Waals surface area contributed by atoms with Gasteiger partial charge in [-0.3, -0.25) is 0 Å². The standard InChI is InChI=1S/C11H17N3/c1-4-9-13-10(8-5-6-8)7(2)11(12-3)14-9/h8H,4-6H2,1-3H3,(H,12,13,14). The number of aromatic nitrogens is 2. The fraction of sp³-hybridized carbons (Fsp3) is 0.636. The molecule has 1 aromatic rings. The highest BCUT2D eigenvalue weighted by atomic mass is 15.0. The van der Waals surface area contributed by atoms with E-state index >= 15 is 0 Å². The molecule has 3 heteroatoms. The molecule has 0 bridgehead atoms. The Hall–Kier alpha value is -1.12. The van der Waals surface area contributed by atoms with Crippen LogP contribution in [0.4, 0.5) is 5.82 Å². The molecule has 1 saturated carbocycles. The fourth-order valence-corrected chi connectivity index (χ4v) is 1.74. The maximum atomic E-state index is 4.61. The highest BCUT2D eigenvalue weighted by Gasteiger charge is 2.28. The maximum absolute atomic E-state index is 4.61. The van der Waals surface area contributed by atoms with E-state index in [1.165, 1.54) is 24.1 Å². The molecule has 0 radical (unpaired) electrons. The number of nitrogens with one attached hydrogen (secondary N) is 1. The van der Waals surface area contributed by atoms with Gasteiger partial charge in [-0.2, -0.15) is 0 Å². The predicted molar refractivity (Wildman–Crippen MR) is 57.7 cm³/mol. The highest BCUT2D eigenvalue weighted by molar-refractivity contribution is 5.47. The van der Waals surface area contributed by atoms with Crippen LogP contribution in [0.25, 0.3) is 0 Å². The summed E-state index contributed by atoms with van der Waals surface area (Å²) in [5.74, 6) is 2.66. The van der Waals surface area contributed by atoms with Crippen LogP contribution < -0.4 is 5.32 Å². The van der Waals surface area contributed by atoms with Crippen molar-refractivity contribution in [3.05, 3.63) is 17.1 Å². The molecule has 3 nitrogen and oxygen atoms in total. The molecule has 0 amide bonds. The van der Waals surface area contributed by atoms with Crippen LogP contribution in [-0.4, -0.2) is 17.0 Å². The van der Waals surface area contributed by atoms with E-state index in [-0.39, 0.29) is 0 Å². The zero-order chi connectivity index (χ0) is 10.1. The predicted octanol–water partition coefficient (Wildman–Crippen LogP) is 2.27. The van der Waals surface area contributed by atoms with Crippen molar-refractivity contribution in [2.45, 2.75) is 39.0 Å². The molecule has 1 aliphatic rings. The molecule has 14 heavy (non-hydrogen) atoms. The third kappa shape index (κ3) is 1.59. The van der Waals surface area contributed by atoms with Crippen LogP contribution in [-0.2, 0) is 6.42 Å². The van der Waals surface area contributed by atoms with Crippen molar-refractivity contribution in [1.29, 1.82) is 0 Å². The van der Waals surface area contributed by atoms with E-state index in [2.05, 4.69) is 29.1 Å². The zero-order valence-corrected chi connectivity index (χ0v) is 9.09. The van der Waals surface area contributed by atoms with Crippen molar-refractivity contribution in [1.82, 2.24) is 9.97 Å². The summed E-state index contributed by atoms with van der Waals surface area (Å²) in [6, 6.07) is 0. The van der Waals surface area contributed by atoms with Gasteiger partial charge >= 0.3 is 0 Å². The summed E-state index contributed by atoms with van der Waals surface area (Å²) >= 11 is 0. The fourth-order valence-electron chi connectivity index (χ4n) is 1.74. The van der Waals surface area contributed by atoms with Gasteiger partial charge in [0.15, 0.2) is 0 Å². The summed E-state index contributed by atoms with van der Waals surface area (Å²) in [6.07, 6.45) is 3.50. The summed E-state index contributed by atoms with van der Waals surface area (Å²) in [6.45, 7) is 4.21. The molecule has 1 aromatic heterocycles. The van der Waals surface area contributed by atoms with Crippen molar-refractivity contribution in [3.63, 3.8) is 0 Å². The lowest BCUT2D eigenvalue weighted by molar-refractivity contribution is 0.869. The molecule has 0 aromatic carbocycles. The molecule has 0 unspecified atom stereocenters. The highest BCUT2D eigenvalue weighted by Crippen LogP contribution is 2.41. The van der Waals surface area contributed by atoms with E-state index in [1.54, 1.807) is 0 Å². The van der Waals surface area contributed by atoms with Crippen LogP contribution in [0.2, 0.25) is 0 Å². The summed E-state index contributed by atoms with van der Waals surface area (Å²) < 4.78 is 0. The largest absolute Gasteiger partial charge is 0.373 e. The van der Waals surface area contributed by atoms with E-state index < -0.39 is 0 Å². The van der Waals surface area contributed by atoms with Crippen LogP contribution >= 0.6 is 0 Å². The average molecular weight is 191 g/mol. The Bertz CT molecular complexity index is 343. The lowest BCUT2D eigenvalue weighted by Crippen LogP contribution is -2.06. The van der Waals surface area contributed by atoms with Gasteiger partial charge in [0.2, 0.25) is 0 Å². The lowest BCUT2D eigenvalue weighted by Gasteiger charge is -2.10. The Morgan fingerprint density at radius 1 is 1.36 bits per heavy atom. The smallest absolute Gasteiger partial charge is 0.132 e. The van der Waals surface area contributed by atoms with Crippen molar-refractivity contribution in [2.24, 2.45) is 0 Å². The monoisotopic (exact) mass is 191 g/mol. The van der Waals surface area contributed by atoms with Crippen LogP contribution in [0.5, 0.6) is 0 Å². The number of rotatable bonds is 3. The van der Waals surface area contributed by atoms with Gasteiger partial charge in [-0.25, -0.2) is 9.97 Å². The minimum atomic E-state index is 0.704. The molecular formula is C11H17N3. The third-order valence-electron chi connectivity index (χ3n) is 2.75. The summed E-state index contributed by atoms with van der Waals surface area (Å²) in [7, 11) is 1.92. The third-order valence-corrected chi connectivity index (χ3v) is 2.75. The van der Waals surface area contributed by atoms with E-state index in [1.807, 2.05) is 7.05 Å². The molecule has 0 atom stereocenters. The van der Waals surface area contributed by atoms with Gasteiger partial charge in [0, 0.05) is 24.9 Å². The number of aryl methyl sites for hydroxylation is 1. The topological polar surface area (TPSA) is 37.8 Å². The molecular weight excluding hydrogens is 174 g/mol. The van der Waals surface area contributed by atoms with Crippen molar-refractivity contribution < 1.29 is 0 Å². The molecule has 0 saturated heterocycles. The second kappa shape index (κ2) is 3.56. The average Bonchev–Trinajstić information content (AvgIpc) is 3.02. The molecule has 1 N–H and O–H groups in total. The van der Waals surface area contributed by atoms with Gasteiger partial charge in [0.25, 0.3) is 0 Å². The van der Waals surface area contributed by atoms with E-state index in [9.17, 15) is 0 Å². The second-order valence-electron chi connectivity index (χ2n) is 3.88. The van der Waals surface area contributed by atoms with Gasteiger partial charge in [-0.05, 0) is 19.8 Å².